The average Bonchev–Trinajstić information content (AvgIpc) is 2.90. The predicted molar refractivity (Wildman–Crippen MR) is 118 cm³/mol. The molecule has 1 heterocycles. The van der Waals surface area contributed by atoms with E-state index in [-0.39, 0.29) is 29.9 Å². The van der Waals surface area contributed by atoms with E-state index in [2.05, 4.69) is 41.3 Å². The first kappa shape index (κ1) is 22.5. The number of guanidine groups is 1. The molecule has 6 nitrogen and oxygen atoms in total. The molecule has 1 fully saturated rings. The average molecular weight is 474 g/mol. The molecule has 1 aromatic rings. The zero-order valence-corrected chi connectivity index (χ0v) is 18.5. The van der Waals surface area contributed by atoms with Gasteiger partial charge < -0.3 is 20.3 Å². The summed E-state index contributed by atoms with van der Waals surface area (Å²) in [6.45, 7) is 12.2. The molecule has 2 N–H and O–H groups in total. The van der Waals surface area contributed by atoms with Crippen molar-refractivity contribution in [2.45, 2.75) is 34.1 Å². The Balaban J connectivity index is 0.00000338. The number of carbonyl (C=O) groups is 1. The number of ether oxygens (including phenoxy) is 1. The maximum absolute atomic E-state index is 11.1. The van der Waals surface area contributed by atoms with E-state index in [9.17, 15) is 4.79 Å². The Labute approximate surface area is 173 Å². The summed E-state index contributed by atoms with van der Waals surface area (Å²) in [5.41, 5.74) is 1.08. The monoisotopic (exact) mass is 474 g/mol. The van der Waals surface area contributed by atoms with E-state index < -0.39 is 0 Å². The Bertz CT molecular complexity index is 619. The number of hydrogen-bond acceptors (Lipinski definition) is 3. The summed E-state index contributed by atoms with van der Waals surface area (Å²) in [4.78, 5) is 18.1. The van der Waals surface area contributed by atoms with Crippen LogP contribution in [0.2, 0.25) is 0 Å². The molecule has 1 saturated heterocycles. The van der Waals surface area contributed by atoms with Crippen LogP contribution in [0.15, 0.2) is 29.3 Å². The summed E-state index contributed by atoms with van der Waals surface area (Å²) in [5.74, 6) is 1.60. The van der Waals surface area contributed by atoms with Crippen molar-refractivity contribution in [1.82, 2.24) is 10.2 Å². The van der Waals surface area contributed by atoms with Crippen LogP contribution in [0.5, 0.6) is 5.75 Å². The van der Waals surface area contributed by atoms with Crippen LogP contribution in [0.3, 0.4) is 0 Å². The van der Waals surface area contributed by atoms with E-state index in [4.69, 9.17) is 4.74 Å². The minimum atomic E-state index is -0.0921. The van der Waals surface area contributed by atoms with Gasteiger partial charge in [0.25, 0.3) is 0 Å². The molecule has 0 aliphatic carbocycles. The van der Waals surface area contributed by atoms with Gasteiger partial charge in [0.15, 0.2) is 5.96 Å². The molecule has 0 saturated carbocycles. The lowest BCUT2D eigenvalue weighted by Crippen LogP contribution is -2.41. The van der Waals surface area contributed by atoms with Crippen LogP contribution >= 0.6 is 24.0 Å². The van der Waals surface area contributed by atoms with Crippen LogP contribution in [0.25, 0.3) is 0 Å². The number of halogens is 1. The molecule has 1 aromatic carbocycles. The molecule has 1 aliphatic heterocycles. The highest BCUT2D eigenvalue weighted by molar-refractivity contribution is 14.0. The van der Waals surface area contributed by atoms with E-state index in [0.717, 1.165) is 37.0 Å². The SMILES string of the molecule is CCNC(=NCCOc1cccc(NC(C)=O)c1)N1CCC(C)(C)C1.I. The van der Waals surface area contributed by atoms with Crippen LogP contribution in [0, 0.1) is 5.41 Å². The lowest BCUT2D eigenvalue weighted by molar-refractivity contribution is -0.114. The molecule has 1 aliphatic rings. The Morgan fingerprint density at radius 1 is 1.38 bits per heavy atom. The minimum absolute atomic E-state index is 0. The van der Waals surface area contributed by atoms with Gasteiger partial charge in [0.2, 0.25) is 5.91 Å². The molecule has 1 amide bonds. The number of nitrogens with zero attached hydrogens (tertiary/aromatic N) is 2. The molecule has 0 aromatic heterocycles. The van der Waals surface area contributed by atoms with Crippen LogP contribution in [-0.2, 0) is 4.79 Å². The molecule has 0 unspecified atom stereocenters. The fourth-order valence-corrected chi connectivity index (χ4v) is 2.90. The zero-order chi connectivity index (χ0) is 18.3. The van der Waals surface area contributed by atoms with E-state index in [0.29, 0.717) is 18.6 Å². The first-order valence-corrected chi connectivity index (χ1v) is 8.93. The number of rotatable bonds is 6. The van der Waals surface area contributed by atoms with Gasteiger partial charge in [-0.1, -0.05) is 19.9 Å². The third-order valence-electron chi connectivity index (χ3n) is 4.09. The molecule has 146 valence electrons. The van der Waals surface area contributed by atoms with Crippen LogP contribution in [-0.4, -0.2) is 49.6 Å². The van der Waals surface area contributed by atoms with E-state index in [1.807, 2.05) is 24.3 Å². The van der Waals surface area contributed by atoms with E-state index in [1.54, 1.807) is 0 Å². The number of nitrogens with one attached hydrogen (secondary N) is 2. The number of carbonyl (C=O) groups excluding carboxylic acids is 1. The Morgan fingerprint density at radius 2 is 2.15 bits per heavy atom. The van der Waals surface area contributed by atoms with Gasteiger partial charge in [-0.3, -0.25) is 4.79 Å². The third-order valence-corrected chi connectivity index (χ3v) is 4.09. The second-order valence-electron chi connectivity index (χ2n) is 7.13. The van der Waals surface area contributed by atoms with Gasteiger partial charge in [-0.25, -0.2) is 4.99 Å². The summed E-state index contributed by atoms with van der Waals surface area (Å²) < 4.78 is 5.76. The van der Waals surface area contributed by atoms with Crippen molar-refractivity contribution in [2.24, 2.45) is 10.4 Å². The summed E-state index contributed by atoms with van der Waals surface area (Å²) >= 11 is 0. The van der Waals surface area contributed by atoms with Crippen LogP contribution in [0.4, 0.5) is 5.69 Å². The van der Waals surface area contributed by atoms with Crippen molar-refractivity contribution < 1.29 is 9.53 Å². The Hall–Kier alpha value is -1.51. The van der Waals surface area contributed by atoms with Crippen molar-refractivity contribution in [2.75, 3.05) is 38.1 Å². The van der Waals surface area contributed by atoms with Gasteiger partial charge in [0, 0.05) is 38.3 Å². The maximum atomic E-state index is 11.1. The normalized spacial score (nSPS) is 16.0. The number of benzene rings is 1. The van der Waals surface area contributed by atoms with Gasteiger partial charge in [-0.2, -0.15) is 0 Å². The number of aliphatic imine (C=N–C) groups is 1. The summed E-state index contributed by atoms with van der Waals surface area (Å²) in [5, 5.41) is 6.12. The van der Waals surface area contributed by atoms with E-state index in [1.165, 1.54) is 13.3 Å². The van der Waals surface area contributed by atoms with Gasteiger partial charge in [0.05, 0.1) is 6.54 Å². The summed E-state index contributed by atoms with van der Waals surface area (Å²) in [6, 6.07) is 7.40. The molecular weight excluding hydrogens is 443 g/mol. The van der Waals surface area contributed by atoms with Crippen molar-refractivity contribution in [3.05, 3.63) is 24.3 Å². The molecular formula is C19H31IN4O2. The maximum Gasteiger partial charge on any atom is 0.221 e. The molecule has 0 atom stereocenters. The molecule has 0 spiro atoms. The van der Waals surface area contributed by atoms with Crippen molar-refractivity contribution >= 4 is 41.5 Å². The fourth-order valence-electron chi connectivity index (χ4n) is 2.90. The molecule has 2 rings (SSSR count). The first-order valence-electron chi connectivity index (χ1n) is 8.93. The second-order valence-corrected chi connectivity index (χ2v) is 7.13. The zero-order valence-electron chi connectivity index (χ0n) is 16.2. The van der Waals surface area contributed by atoms with Crippen LogP contribution in [0.1, 0.15) is 34.1 Å². The number of likely N-dealkylation sites (tertiary alicyclic amines) is 1. The standard InChI is InChI=1S/C19H30N4O2.HI/c1-5-20-18(23-11-9-19(3,4)14-23)21-10-12-25-17-8-6-7-16(13-17)22-15(2)24;/h6-8,13H,5,9-12,14H2,1-4H3,(H,20,21)(H,22,24);1H. The Kier molecular flexibility index (Phi) is 9.18. The highest BCUT2D eigenvalue weighted by atomic mass is 127. The minimum Gasteiger partial charge on any atom is -0.492 e. The van der Waals surface area contributed by atoms with Gasteiger partial charge in [-0.15, -0.1) is 24.0 Å². The van der Waals surface area contributed by atoms with Gasteiger partial charge >= 0.3 is 0 Å². The quantitative estimate of drug-likeness (QED) is 0.287. The lowest BCUT2D eigenvalue weighted by atomic mass is 9.93. The highest BCUT2D eigenvalue weighted by Gasteiger charge is 2.30. The van der Waals surface area contributed by atoms with Gasteiger partial charge in [0.1, 0.15) is 12.4 Å². The summed E-state index contributed by atoms with van der Waals surface area (Å²) in [6.07, 6.45) is 1.18. The van der Waals surface area contributed by atoms with Crippen molar-refractivity contribution in [3.63, 3.8) is 0 Å². The van der Waals surface area contributed by atoms with Crippen molar-refractivity contribution in [3.8, 4) is 5.75 Å². The van der Waals surface area contributed by atoms with Crippen molar-refractivity contribution in [1.29, 1.82) is 0 Å². The molecule has 26 heavy (non-hydrogen) atoms. The highest BCUT2D eigenvalue weighted by Crippen LogP contribution is 2.28. The lowest BCUT2D eigenvalue weighted by Gasteiger charge is -2.23. The number of hydrogen-bond donors (Lipinski definition) is 2. The first-order chi connectivity index (χ1) is 11.9. The van der Waals surface area contributed by atoms with E-state index >= 15 is 0 Å². The molecule has 0 bridgehead atoms. The topological polar surface area (TPSA) is 66.0 Å². The smallest absolute Gasteiger partial charge is 0.221 e. The second kappa shape index (κ2) is 10.6. The molecule has 7 heteroatoms. The van der Waals surface area contributed by atoms with Gasteiger partial charge in [-0.05, 0) is 30.9 Å². The fraction of sp³-hybridized carbons (Fsp3) is 0.579. The van der Waals surface area contributed by atoms with Crippen LogP contribution < -0.4 is 15.4 Å². The third kappa shape index (κ3) is 7.39. The summed E-state index contributed by atoms with van der Waals surface area (Å²) in [7, 11) is 0. The Morgan fingerprint density at radius 3 is 2.77 bits per heavy atom. The number of anilines is 1. The largest absolute Gasteiger partial charge is 0.492 e. The number of amides is 1. The predicted octanol–water partition coefficient (Wildman–Crippen LogP) is 3.34. The molecule has 0 radical (unpaired) electrons.